The van der Waals surface area contributed by atoms with Crippen LogP contribution in [0.4, 0.5) is 4.79 Å². The molecule has 156 valence electrons. The van der Waals surface area contributed by atoms with Crippen LogP contribution in [0.3, 0.4) is 0 Å². The van der Waals surface area contributed by atoms with Crippen molar-refractivity contribution in [1.82, 2.24) is 15.5 Å². The molecule has 1 aliphatic carbocycles. The number of carbonyl (C=O) groups is 3. The lowest BCUT2D eigenvalue weighted by molar-refractivity contribution is -0.131. The van der Waals surface area contributed by atoms with E-state index in [4.69, 9.17) is 0 Å². The van der Waals surface area contributed by atoms with Crippen molar-refractivity contribution < 1.29 is 14.4 Å². The molecule has 2 heterocycles. The topological polar surface area (TPSA) is 78.5 Å². The number of urea groups is 1. The Morgan fingerprint density at radius 3 is 2.48 bits per heavy atom. The average Bonchev–Trinajstić information content (AvgIpc) is 3.31. The fourth-order valence-corrected chi connectivity index (χ4v) is 7.10. The van der Waals surface area contributed by atoms with Gasteiger partial charge in [-0.25, -0.2) is 4.79 Å². The van der Waals surface area contributed by atoms with Gasteiger partial charge in [0.25, 0.3) is 11.8 Å². The molecule has 3 aliphatic rings. The molecule has 8 heteroatoms. The summed E-state index contributed by atoms with van der Waals surface area (Å²) in [6, 6.07) is 7.54. The zero-order valence-corrected chi connectivity index (χ0v) is 18.1. The molecule has 0 atom stereocenters. The number of nitrogens with one attached hydrogen (secondary N) is 2. The van der Waals surface area contributed by atoms with E-state index in [1.807, 2.05) is 47.8 Å². The Morgan fingerprint density at radius 2 is 1.79 bits per heavy atom. The van der Waals surface area contributed by atoms with Gasteiger partial charge < -0.3 is 10.6 Å². The third-order valence-electron chi connectivity index (χ3n) is 5.82. The van der Waals surface area contributed by atoms with Crippen molar-refractivity contribution in [2.45, 2.75) is 48.6 Å². The number of nitrogens with zero attached hydrogens (tertiary/aromatic N) is 1. The normalized spacial score (nSPS) is 21.6. The van der Waals surface area contributed by atoms with Crippen molar-refractivity contribution in [3.05, 3.63) is 35.4 Å². The van der Waals surface area contributed by atoms with Crippen LogP contribution in [0.25, 0.3) is 0 Å². The predicted molar refractivity (Wildman–Crippen MR) is 117 cm³/mol. The van der Waals surface area contributed by atoms with Gasteiger partial charge in [-0.05, 0) is 54.9 Å². The summed E-state index contributed by atoms with van der Waals surface area (Å²) in [5.41, 5.74) is 1.24. The van der Waals surface area contributed by atoms with Crippen LogP contribution in [0.5, 0.6) is 0 Å². The third-order valence-corrected chi connectivity index (χ3v) is 8.83. The molecule has 2 aliphatic heterocycles. The summed E-state index contributed by atoms with van der Waals surface area (Å²) in [4.78, 5) is 38.5. The molecule has 1 spiro atoms. The molecule has 2 saturated heterocycles. The Bertz CT molecular complexity index is 772. The Labute approximate surface area is 179 Å². The maximum absolute atomic E-state index is 12.6. The maximum Gasteiger partial charge on any atom is 0.325 e. The van der Waals surface area contributed by atoms with Crippen molar-refractivity contribution in [3.63, 3.8) is 0 Å². The number of rotatable bonds is 6. The molecular formula is C21H27N3O3S2. The van der Waals surface area contributed by atoms with E-state index in [2.05, 4.69) is 10.6 Å². The highest BCUT2D eigenvalue weighted by Gasteiger charge is 2.51. The molecule has 0 radical (unpaired) electrons. The van der Waals surface area contributed by atoms with E-state index in [0.717, 1.165) is 25.7 Å². The van der Waals surface area contributed by atoms with E-state index in [-0.39, 0.29) is 17.8 Å². The number of imide groups is 1. The van der Waals surface area contributed by atoms with Gasteiger partial charge >= 0.3 is 6.03 Å². The summed E-state index contributed by atoms with van der Waals surface area (Å²) < 4.78 is 0.466. The highest BCUT2D eigenvalue weighted by atomic mass is 32.2. The van der Waals surface area contributed by atoms with Gasteiger partial charge in [0, 0.05) is 18.7 Å². The highest BCUT2D eigenvalue weighted by molar-refractivity contribution is 8.16. The molecular weight excluding hydrogens is 406 g/mol. The van der Waals surface area contributed by atoms with Crippen LogP contribution in [-0.2, 0) is 4.79 Å². The molecule has 6 nitrogen and oxygen atoms in total. The minimum Gasteiger partial charge on any atom is -0.352 e. The zero-order chi connectivity index (χ0) is 20.3. The molecule has 3 fully saturated rings. The highest BCUT2D eigenvalue weighted by Crippen LogP contribution is 2.43. The lowest BCUT2D eigenvalue weighted by Crippen LogP contribution is -2.44. The monoisotopic (exact) mass is 433 g/mol. The van der Waals surface area contributed by atoms with Crippen molar-refractivity contribution in [3.8, 4) is 0 Å². The maximum atomic E-state index is 12.6. The van der Waals surface area contributed by atoms with Crippen LogP contribution in [0.2, 0.25) is 0 Å². The van der Waals surface area contributed by atoms with Crippen molar-refractivity contribution in [1.29, 1.82) is 0 Å². The largest absolute Gasteiger partial charge is 0.352 e. The SMILES string of the molecule is O=C(NCCCN1C(=O)NC2(CCCC2)C1=O)c1ccc(C2SCCCS2)cc1. The first kappa shape index (κ1) is 20.6. The van der Waals surface area contributed by atoms with Gasteiger partial charge in [0.05, 0.1) is 4.58 Å². The number of benzene rings is 1. The molecule has 1 aromatic rings. The summed E-state index contributed by atoms with van der Waals surface area (Å²) >= 11 is 3.93. The molecule has 0 aromatic heterocycles. The van der Waals surface area contributed by atoms with Gasteiger partial charge in [0.15, 0.2) is 0 Å². The van der Waals surface area contributed by atoms with Gasteiger partial charge in [-0.2, -0.15) is 0 Å². The minimum atomic E-state index is -0.656. The minimum absolute atomic E-state index is 0.0969. The van der Waals surface area contributed by atoms with Crippen LogP contribution in [0.1, 0.15) is 59.0 Å². The van der Waals surface area contributed by atoms with Gasteiger partial charge in [-0.1, -0.05) is 25.0 Å². The van der Waals surface area contributed by atoms with E-state index in [9.17, 15) is 14.4 Å². The smallest absolute Gasteiger partial charge is 0.325 e. The van der Waals surface area contributed by atoms with E-state index >= 15 is 0 Å². The van der Waals surface area contributed by atoms with Crippen LogP contribution < -0.4 is 10.6 Å². The summed E-state index contributed by atoms with van der Waals surface area (Å²) in [6.07, 6.45) is 5.24. The molecule has 1 aromatic carbocycles. The molecule has 1 saturated carbocycles. The van der Waals surface area contributed by atoms with Crippen LogP contribution >= 0.6 is 23.5 Å². The quantitative estimate of drug-likeness (QED) is 0.530. The lowest BCUT2D eigenvalue weighted by Gasteiger charge is -2.21. The average molecular weight is 434 g/mol. The van der Waals surface area contributed by atoms with E-state index < -0.39 is 5.54 Å². The first-order chi connectivity index (χ1) is 14.1. The van der Waals surface area contributed by atoms with Crippen molar-refractivity contribution in [2.75, 3.05) is 24.6 Å². The Kier molecular flexibility index (Phi) is 6.39. The lowest BCUT2D eigenvalue weighted by atomic mass is 9.98. The molecule has 0 bridgehead atoms. The fourth-order valence-electron chi connectivity index (χ4n) is 4.21. The molecule has 4 rings (SSSR count). The number of hydrogen-bond acceptors (Lipinski definition) is 5. The van der Waals surface area contributed by atoms with E-state index in [1.165, 1.54) is 28.4 Å². The van der Waals surface area contributed by atoms with Crippen LogP contribution in [0, 0.1) is 0 Å². The van der Waals surface area contributed by atoms with E-state index in [0.29, 0.717) is 29.7 Å². The van der Waals surface area contributed by atoms with Crippen molar-refractivity contribution in [2.24, 2.45) is 0 Å². The Balaban J connectivity index is 1.23. The molecule has 4 amide bonds. The zero-order valence-electron chi connectivity index (χ0n) is 16.4. The molecule has 29 heavy (non-hydrogen) atoms. The van der Waals surface area contributed by atoms with Gasteiger partial charge in [-0.3, -0.25) is 14.5 Å². The van der Waals surface area contributed by atoms with Gasteiger partial charge in [0.2, 0.25) is 0 Å². The van der Waals surface area contributed by atoms with Crippen molar-refractivity contribution >= 4 is 41.4 Å². The van der Waals surface area contributed by atoms with Gasteiger partial charge in [-0.15, -0.1) is 23.5 Å². The summed E-state index contributed by atoms with van der Waals surface area (Å²) in [5, 5.41) is 5.78. The van der Waals surface area contributed by atoms with Crippen LogP contribution in [-0.4, -0.2) is 52.9 Å². The van der Waals surface area contributed by atoms with Crippen LogP contribution in [0.15, 0.2) is 24.3 Å². The second-order valence-electron chi connectivity index (χ2n) is 7.83. The third kappa shape index (κ3) is 4.43. The Hall–Kier alpha value is -1.67. The number of hydrogen-bond donors (Lipinski definition) is 2. The number of amides is 4. The number of carbonyl (C=O) groups excluding carboxylic acids is 3. The fraction of sp³-hybridized carbons (Fsp3) is 0.571. The van der Waals surface area contributed by atoms with E-state index in [1.54, 1.807) is 0 Å². The summed E-state index contributed by atoms with van der Waals surface area (Å²) in [5.74, 6) is 2.17. The molecule has 0 unspecified atom stereocenters. The standard InChI is InChI=1S/C21H27N3O3S2/c25-17(15-5-7-16(8-6-15)18-28-13-4-14-29-18)22-11-3-12-24-19(26)21(23-20(24)27)9-1-2-10-21/h5-8,18H,1-4,9-14H2,(H,22,25)(H,23,27). The second-order valence-corrected chi connectivity index (χ2v) is 10.6. The number of thioether (sulfide) groups is 2. The first-order valence-electron chi connectivity index (χ1n) is 10.3. The van der Waals surface area contributed by atoms with Gasteiger partial charge in [0.1, 0.15) is 5.54 Å². The Morgan fingerprint density at radius 1 is 1.10 bits per heavy atom. The predicted octanol–water partition coefficient (Wildman–Crippen LogP) is 3.54. The molecule has 2 N–H and O–H groups in total. The summed E-state index contributed by atoms with van der Waals surface area (Å²) in [7, 11) is 0. The first-order valence-corrected chi connectivity index (χ1v) is 12.4. The second kappa shape index (κ2) is 9.00. The summed E-state index contributed by atoms with van der Waals surface area (Å²) in [6.45, 7) is 0.765.